The maximum atomic E-state index is 11.8. The summed E-state index contributed by atoms with van der Waals surface area (Å²) in [4.78, 5) is 11.8. The van der Waals surface area contributed by atoms with Crippen molar-refractivity contribution in [2.24, 2.45) is 5.73 Å². The molecule has 1 rings (SSSR count). The van der Waals surface area contributed by atoms with Crippen molar-refractivity contribution < 1.29 is 14.3 Å². The van der Waals surface area contributed by atoms with Gasteiger partial charge in [-0.15, -0.1) is 12.4 Å². The van der Waals surface area contributed by atoms with Crippen molar-refractivity contribution >= 4 is 18.3 Å². The van der Waals surface area contributed by atoms with Crippen LogP contribution < -0.4 is 11.1 Å². The monoisotopic (exact) mass is 266 g/mol. The maximum absolute atomic E-state index is 11.8. The Hall–Kier alpha value is -0.360. The maximum Gasteiger partial charge on any atom is 0.240 e. The topological polar surface area (TPSA) is 73.6 Å². The van der Waals surface area contributed by atoms with E-state index in [0.29, 0.717) is 39.2 Å². The lowest BCUT2D eigenvalue weighted by Gasteiger charge is -2.31. The number of amides is 1. The largest absolute Gasteiger partial charge is 0.381 e. The number of nitrogens with one attached hydrogen (secondary N) is 1. The highest BCUT2D eigenvalue weighted by Crippen LogP contribution is 2.17. The summed E-state index contributed by atoms with van der Waals surface area (Å²) in [5.74, 6) is -0.0943. The Morgan fingerprint density at radius 2 is 2.06 bits per heavy atom. The zero-order valence-corrected chi connectivity index (χ0v) is 11.3. The predicted molar refractivity (Wildman–Crippen MR) is 68.3 cm³/mol. The normalized spacial score (nSPS) is 18.6. The first kappa shape index (κ1) is 16.6. The smallest absolute Gasteiger partial charge is 0.240 e. The van der Waals surface area contributed by atoms with Crippen LogP contribution >= 0.6 is 12.4 Å². The van der Waals surface area contributed by atoms with Crippen LogP contribution in [0.4, 0.5) is 0 Å². The molecular formula is C11H23ClN2O3. The van der Waals surface area contributed by atoms with Gasteiger partial charge in [-0.1, -0.05) is 0 Å². The highest BCUT2D eigenvalue weighted by atomic mass is 35.5. The molecule has 3 N–H and O–H groups in total. The van der Waals surface area contributed by atoms with Gasteiger partial charge in [0.25, 0.3) is 0 Å². The third-order valence-corrected chi connectivity index (χ3v) is 2.68. The number of carbonyl (C=O) groups excluding carboxylic acids is 1. The van der Waals surface area contributed by atoms with Gasteiger partial charge in [-0.05, 0) is 26.7 Å². The van der Waals surface area contributed by atoms with E-state index in [1.807, 2.05) is 13.8 Å². The van der Waals surface area contributed by atoms with Crippen molar-refractivity contribution in [1.29, 1.82) is 0 Å². The van der Waals surface area contributed by atoms with Gasteiger partial charge in [0.15, 0.2) is 0 Å². The van der Waals surface area contributed by atoms with E-state index in [2.05, 4.69) is 5.32 Å². The molecule has 1 amide bonds. The summed E-state index contributed by atoms with van der Waals surface area (Å²) in [6.45, 7) is 6.08. The molecule has 0 spiro atoms. The molecule has 1 saturated heterocycles. The van der Waals surface area contributed by atoms with Crippen LogP contribution in [0, 0.1) is 0 Å². The molecule has 5 nitrogen and oxygen atoms in total. The van der Waals surface area contributed by atoms with Gasteiger partial charge in [-0.3, -0.25) is 4.79 Å². The first-order valence-electron chi connectivity index (χ1n) is 5.81. The minimum absolute atomic E-state index is 0. The molecule has 0 bridgehead atoms. The second kappa shape index (κ2) is 7.87. The Bertz CT molecular complexity index is 231. The van der Waals surface area contributed by atoms with Crippen LogP contribution in [0.1, 0.15) is 26.7 Å². The molecule has 0 aromatic heterocycles. The molecule has 1 heterocycles. The third-order valence-electron chi connectivity index (χ3n) is 2.68. The first-order valence-corrected chi connectivity index (χ1v) is 5.81. The van der Waals surface area contributed by atoms with Gasteiger partial charge in [0.1, 0.15) is 0 Å². The molecule has 0 unspecified atom stereocenters. The molecule has 0 saturated carbocycles. The average Bonchev–Trinajstić information content (AvgIpc) is 2.25. The summed E-state index contributed by atoms with van der Waals surface area (Å²) in [6.07, 6.45) is 1.36. The number of halogens is 1. The fourth-order valence-corrected chi connectivity index (χ4v) is 1.60. The molecule has 17 heavy (non-hydrogen) atoms. The van der Waals surface area contributed by atoms with Gasteiger partial charge in [-0.25, -0.2) is 0 Å². The fourth-order valence-electron chi connectivity index (χ4n) is 1.60. The number of rotatable bonds is 5. The van der Waals surface area contributed by atoms with E-state index in [1.54, 1.807) is 0 Å². The molecular weight excluding hydrogens is 244 g/mol. The van der Waals surface area contributed by atoms with Gasteiger partial charge in [0.05, 0.1) is 18.2 Å². The lowest BCUT2D eigenvalue weighted by atomic mass is 9.90. The van der Waals surface area contributed by atoms with Crippen molar-refractivity contribution in [3.63, 3.8) is 0 Å². The number of carbonyl (C=O) groups is 1. The van der Waals surface area contributed by atoms with Crippen molar-refractivity contribution in [3.05, 3.63) is 0 Å². The molecule has 1 aliphatic rings. The summed E-state index contributed by atoms with van der Waals surface area (Å²) in [7, 11) is 0. The van der Waals surface area contributed by atoms with Crippen LogP contribution in [-0.2, 0) is 14.3 Å². The van der Waals surface area contributed by atoms with Crippen LogP contribution in [0.15, 0.2) is 0 Å². The lowest BCUT2D eigenvalue weighted by Crippen LogP contribution is -2.57. The zero-order chi connectivity index (χ0) is 12.0. The first-order chi connectivity index (χ1) is 7.54. The Balaban J connectivity index is 0.00000256. The van der Waals surface area contributed by atoms with Gasteiger partial charge < -0.3 is 20.5 Å². The number of hydrogen-bond acceptors (Lipinski definition) is 4. The fraction of sp³-hybridized carbons (Fsp3) is 0.909. The van der Waals surface area contributed by atoms with Gasteiger partial charge in [0.2, 0.25) is 5.91 Å². The van der Waals surface area contributed by atoms with Crippen molar-refractivity contribution in [1.82, 2.24) is 5.32 Å². The SMILES string of the molecule is CC(C)OCCNC(=O)C1(N)CCOCC1.Cl. The number of nitrogens with two attached hydrogens (primary N) is 1. The lowest BCUT2D eigenvalue weighted by molar-refractivity contribution is -0.130. The Kier molecular flexibility index (Phi) is 7.70. The summed E-state index contributed by atoms with van der Waals surface area (Å²) >= 11 is 0. The molecule has 102 valence electrons. The molecule has 0 aliphatic carbocycles. The number of hydrogen-bond donors (Lipinski definition) is 2. The Morgan fingerprint density at radius 1 is 1.47 bits per heavy atom. The van der Waals surface area contributed by atoms with E-state index in [0.717, 1.165) is 0 Å². The van der Waals surface area contributed by atoms with Crippen molar-refractivity contribution in [2.75, 3.05) is 26.4 Å². The highest BCUT2D eigenvalue weighted by Gasteiger charge is 2.35. The van der Waals surface area contributed by atoms with E-state index in [1.165, 1.54) is 0 Å². The van der Waals surface area contributed by atoms with Gasteiger partial charge in [-0.2, -0.15) is 0 Å². The predicted octanol–water partition coefficient (Wildman–Crippen LogP) is 0.457. The van der Waals surface area contributed by atoms with Crippen LogP contribution in [0.2, 0.25) is 0 Å². The second-order valence-corrected chi connectivity index (χ2v) is 4.44. The molecule has 6 heteroatoms. The minimum Gasteiger partial charge on any atom is -0.381 e. The van der Waals surface area contributed by atoms with Gasteiger partial charge >= 0.3 is 0 Å². The summed E-state index contributed by atoms with van der Waals surface area (Å²) in [6, 6.07) is 0. The second-order valence-electron chi connectivity index (χ2n) is 4.44. The molecule has 0 atom stereocenters. The van der Waals surface area contributed by atoms with Crippen molar-refractivity contribution in [3.8, 4) is 0 Å². The van der Waals surface area contributed by atoms with Crippen LogP contribution in [0.25, 0.3) is 0 Å². The summed E-state index contributed by atoms with van der Waals surface area (Å²) in [5, 5.41) is 2.80. The molecule has 0 radical (unpaired) electrons. The average molecular weight is 267 g/mol. The molecule has 1 aliphatic heterocycles. The Morgan fingerprint density at radius 3 is 2.59 bits per heavy atom. The molecule has 1 fully saturated rings. The summed E-state index contributed by atoms with van der Waals surface area (Å²) < 4.78 is 10.5. The van der Waals surface area contributed by atoms with Crippen molar-refractivity contribution in [2.45, 2.75) is 38.3 Å². The van der Waals surface area contributed by atoms with E-state index >= 15 is 0 Å². The minimum atomic E-state index is -0.754. The van der Waals surface area contributed by atoms with Crippen LogP contribution in [0.5, 0.6) is 0 Å². The molecule has 0 aromatic carbocycles. The Labute approximate surface area is 109 Å². The van der Waals surface area contributed by atoms with Gasteiger partial charge in [0, 0.05) is 19.8 Å². The summed E-state index contributed by atoms with van der Waals surface area (Å²) in [5.41, 5.74) is 5.26. The zero-order valence-electron chi connectivity index (χ0n) is 10.5. The third kappa shape index (κ3) is 5.68. The highest BCUT2D eigenvalue weighted by molar-refractivity contribution is 5.86. The van der Waals surface area contributed by atoms with Crippen LogP contribution in [-0.4, -0.2) is 43.9 Å². The van der Waals surface area contributed by atoms with E-state index in [9.17, 15) is 4.79 Å². The quantitative estimate of drug-likeness (QED) is 0.709. The van der Waals surface area contributed by atoms with E-state index in [-0.39, 0.29) is 24.4 Å². The standard InChI is InChI=1S/C11H22N2O3.ClH/c1-9(2)16-8-5-13-10(14)11(12)3-6-15-7-4-11;/h9H,3-8,12H2,1-2H3,(H,13,14);1H. The molecule has 0 aromatic rings. The van der Waals surface area contributed by atoms with Crippen LogP contribution in [0.3, 0.4) is 0 Å². The van der Waals surface area contributed by atoms with E-state index < -0.39 is 5.54 Å². The number of ether oxygens (including phenoxy) is 2. The van der Waals surface area contributed by atoms with E-state index in [4.69, 9.17) is 15.2 Å².